The van der Waals surface area contributed by atoms with Crippen LogP contribution in [-0.4, -0.2) is 49.9 Å². The molecule has 1 N–H and O–H groups in total. The van der Waals surface area contributed by atoms with Crippen LogP contribution >= 0.6 is 46.4 Å². The molecule has 3 rings (SSSR count). The number of benzene rings is 2. The highest BCUT2D eigenvalue weighted by Crippen LogP contribution is 2.35. The van der Waals surface area contributed by atoms with Gasteiger partial charge in [-0.3, -0.25) is 9.69 Å². The quantitative estimate of drug-likeness (QED) is 0.452. The van der Waals surface area contributed by atoms with Gasteiger partial charge in [0.25, 0.3) is 5.91 Å². The molecular formula is C20H19Cl4N3O3. The van der Waals surface area contributed by atoms with Gasteiger partial charge in [-0.25, -0.2) is 5.43 Å². The Morgan fingerprint density at radius 2 is 1.80 bits per heavy atom. The number of hydrogen-bond donors (Lipinski definition) is 1. The van der Waals surface area contributed by atoms with Gasteiger partial charge in [0, 0.05) is 28.7 Å². The van der Waals surface area contributed by atoms with E-state index in [4.69, 9.17) is 55.9 Å². The minimum atomic E-state index is -0.204. The zero-order chi connectivity index (χ0) is 21.5. The fraction of sp³-hybridized carbons (Fsp3) is 0.300. The van der Waals surface area contributed by atoms with Gasteiger partial charge in [-0.15, -0.1) is 0 Å². The van der Waals surface area contributed by atoms with E-state index in [1.807, 2.05) is 4.90 Å². The molecule has 1 aliphatic heterocycles. The van der Waals surface area contributed by atoms with E-state index in [0.29, 0.717) is 44.6 Å². The van der Waals surface area contributed by atoms with Crippen molar-refractivity contribution >= 4 is 58.5 Å². The second-order valence-electron chi connectivity index (χ2n) is 6.52. The average molecular weight is 491 g/mol. The molecule has 2 aromatic carbocycles. The second kappa shape index (κ2) is 11.2. The predicted octanol–water partition coefficient (Wildman–Crippen LogP) is 4.66. The van der Waals surface area contributed by atoms with Crippen molar-refractivity contribution in [3.63, 3.8) is 0 Å². The minimum Gasteiger partial charge on any atom is -0.486 e. The maximum absolute atomic E-state index is 12.0. The predicted molar refractivity (Wildman–Crippen MR) is 120 cm³/mol. The molecule has 10 heteroatoms. The summed E-state index contributed by atoms with van der Waals surface area (Å²) in [6.07, 6.45) is 1.47. The molecule has 1 saturated heterocycles. The lowest BCUT2D eigenvalue weighted by atomic mass is 10.2. The molecule has 1 heterocycles. The molecule has 0 unspecified atom stereocenters. The number of carbonyl (C=O) groups excluding carboxylic acids is 1. The molecule has 1 fully saturated rings. The van der Waals surface area contributed by atoms with Gasteiger partial charge in [0.2, 0.25) is 0 Å². The minimum absolute atomic E-state index is 0.181. The Labute approximate surface area is 194 Å². The van der Waals surface area contributed by atoms with E-state index in [9.17, 15) is 4.79 Å². The summed E-state index contributed by atoms with van der Waals surface area (Å²) in [6, 6.07) is 8.42. The van der Waals surface area contributed by atoms with Crippen molar-refractivity contribution in [1.82, 2.24) is 10.3 Å². The summed E-state index contributed by atoms with van der Waals surface area (Å²) in [6.45, 7) is 3.16. The van der Waals surface area contributed by atoms with E-state index in [2.05, 4.69) is 10.5 Å². The molecule has 1 amide bonds. The molecular weight excluding hydrogens is 472 g/mol. The van der Waals surface area contributed by atoms with Crippen molar-refractivity contribution in [3.8, 4) is 5.75 Å². The Balaban J connectivity index is 1.56. The standard InChI is InChI=1S/C20H19Cl4N3O3/c21-15-2-1-14(16(22)9-15)12-30-20-17(23)7-13(8-18(20)24)10-25-26-19(28)11-27-3-5-29-6-4-27/h1-2,7-10H,3-6,11-12H2,(H,26,28)/b25-10-. The van der Waals surface area contributed by atoms with Crippen LogP contribution in [0.5, 0.6) is 5.75 Å². The summed E-state index contributed by atoms with van der Waals surface area (Å²) in [7, 11) is 0. The Morgan fingerprint density at radius 1 is 1.10 bits per heavy atom. The normalized spacial score (nSPS) is 14.8. The van der Waals surface area contributed by atoms with Crippen molar-refractivity contribution in [2.75, 3.05) is 32.8 Å². The second-order valence-corrected chi connectivity index (χ2v) is 8.18. The first-order chi connectivity index (χ1) is 14.4. The maximum Gasteiger partial charge on any atom is 0.254 e. The lowest BCUT2D eigenvalue weighted by Crippen LogP contribution is -2.42. The molecule has 1 aliphatic rings. The Morgan fingerprint density at radius 3 is 2.47 bits per heavy atom. The molecule has 0 aromatic heterocycles. The first kappa shape index (κ1) is 23.1. The van der Waals surface area contributed by atoms with Crippen LogP contribution in [0.3, 0.4) is 0 Å². The summed E-state index contributed by atoms with van der Waals surface area (Å²) in [5, 5.41) is 5.62. The molecule has 160 valence electrons. The van der Waals surface area contributed by atoms with Crippen LogP contribution in [0.4, 0.5) is 0 Å². The van der Waals surface area contributed by atoms with Crippen LogP contribution in [0.1, 0.15) is 11.1 Å². The molecule has 0 aliphatic carbocycles. The van der Waals surface area contributed by atoms with E-state index < -0.39 is 0 Å². The van der Waals surface area contributed by atoms with Crippen molar-refractivity contribution < 1.29 is 14.3 Å². The zero-order valence-electron chi connectivity index (χ0n) is 15.8. The van der Waals surface area contributed by atoms with Crippen molar-refractivity contribution in [2.45, 2.75) is 6.61 Å². The van der Waals surface area contributed by atoms with Crippen LogP contribution in [0.25, 0.3) is 0 Å². The molecule has 0 spiro atoms. The molecule has 0 radical (unpaired) electrons. The van der Waals surface area contributed by atoms with Crippen molar-refractivity contribution in [3.05, 3.63) is 61.5 Å². The van der Waals surface area contributed by atoms with Gasteiger partial charge in [0.15, 0.2) is 5.75 Å². The SMILES string of the molecule is O=C(CN1CCOCC1)N/N=C\c1cc(Cl)c(OCc2ccc(Cl)cc2Cl)c(Cl)c1. The van der Waals surface area contributed by atoms with E-state index in [1.54, 1.807) is 30.3 Å². The molecule has 0 bridgehead atoms. The van der Waals surface area contributed by atoms with E-state index >= 15 is 0 Å². The number of hydrazone groups is 1. The van der Waals surface area contributed by atoms with Crippen LogP contribution in [0, 0.1) is 0 Å². The van der Waals surface area contributed by atoms with Gasteiger partial charge >= 0.3 is 0 Å². The molecule has 2 aromatic rings. The van der Waals surface area contributed by atoms with Crippen molar-refractivity contribution in [2.24, 2.45) is 5.10 Å². The maximum atomic E-state index is 12.0. The number of carbonyl (C=O) groups is 1. The fourth-order valence-electron chi connectivity index (χ4n) is 2.76. The summed E-state index contributed by atoms with van der Waals surface area (Å²) in [5.74, 6) is 0.128. The largest absolute Gasteiger partial charge is 0.486 e. The van der Waals surface area contributed by atoms with E-state index in [-0.39, 0.29) is 19.1 Å². The molecule has 6 nitrogen and oxygen atoms in total. The van der Waals surface area contributed by atoms with Gasteiger partial charge < -0.3 is 9.47 Å². The summed E-state index contributed by atoms with van der Waals surface area (Å²) >= 11 is 24.7. The smallest absolute Gasteiger partial charge is 0.254 e. The van der Waals surface area contributed by atoms with Gasteiger partial charge in [-0.2, -0.15) is 5.10 Å². The third-order valence-corrected chi connectivity index (χ3v) is 5.43. The first-order valence-corrected chi connectivity index (χ1v) is 10.6. The molecule has 0 saturated carbocycles. The number of amides is 1. The third-order valence-electron chi connectivity index (χ3n) is 4.28. The van der Waals surface area contributed by atoms with Crippen LogP contribution in [-0.2, 0) is 16.1 Å². The number of morpholine rings is 1. The highest BCUT2D eigenvalue weighted by atomic mass is 35.5. The lowest BCUT2D eigenvalue weighted by molar-refractivity contribution is -0.123. The van der Waals surface area contributed by atoms with Crippen LogP contribution in [0.2, 0.25) is 20.1 Å². The highest BCUT2D eigenvalue weighted by molar-refractivity contribution is 6.37. The number of nitrogens with one attached hydrogen (secondary N) is 1. The zero-order valence-corrected chi connectivity index (χ0v) is 18.9. The average Bonchev–Trinajstić information content (AvgIpc) is 2.69. The third kappa shape index (κ3) is 6.74. The highest BCUT2D eigenvalue weighted by Gasteiger charge is 2.14. The monoisotopic (exact) mass is 489 g/mol. The Kier molecular flexibility index (Phi) is 8.62. The summed E-state index contributed by atoms with van der Waals surface area (Å²) in [4.78, 5) is 14.0. The van der Waals surface area contributed by atoms with Gasteiger partial charge in [-0.05, 0) is 29.8 Å². The number of hydrogen-bond acceptors (Lipinski definition) is 5. The van der Waals surface area contributed by atoms with Crippen LogP contribution < -0.4 is 10.2 Å². The van der Waals surface area contributed by atoms with Gasteiger partial charge in [-0.1, -0.05) is 52.5 Å². The Hall–Kier alpha value is -1.54. The fourth-order valence-corrected chi connectivity index (χ4v) is 3.83. The Bertz CT molecular complexity index is 911. The number of nitrogens with zero attached hydrogens (tertiary/aromatic N) is 2. The number of rotatable bonds is 7. The summed E-state index contributed by atoms with van der Waals surface area (Å²) in [5.41, 5.74) is 3.87. The topological polar surface area (TPSA) is 63.2 Å². The van der Waals surface area contributed by atoms with E-state index in [1.165, 1.54) is 6.21 Å². The first-order valence-electron chi connectivity index (χ1n) is 9.10. The van der Waals surface area contributed by atoms with Gasteiger partial charge in [0.05, 0.1) is 36.0 Å². The van der Waals surface area contributed by atoms with Crippen LogP contribution in [0.15, 0.2) is 35.4 Å². The number of ether oxygens (including phenoxy) is 2. The van der Waals surface area contributed by atoms with Crippen molar-refractivity contribution in [1.29, 1.82) is 0 Å². The summed E-state index contributed by atoms with van der Waals surface area (Å²) < 4.78 is 11.0. The van der Waals surface area contributed by atoms with Gasteiger partial charge in [0.1, 0.15) is 6.61 Å². The molecule has 30 heavy (non-hydrogen) atoms. The van der Waals surface area contributed by atoms with E-state index in [0.717, 1.165) is 18.7 Å². The number of halogens is 4. The lowest BCUT2D eigenvalue weighted by Gasteiger charge is -2.25. The molecule has 0 atom stereocenters.